The van der Waals surface area contributed by atoms with E-state index < -0.39 is 11.2 Å². The minimum atomic E-state index is -4.42. The van der Waals surface area contributed by atoms with Crippen molar-refractivity contribution in [1.82, 2.24) is 15.0 Å². The summed E-state index contributed by atoms with van der Waals surface area (Å²) in [5, 5.41) is 1.88. The van der Waals surface area contributed by atoms with Gasteiger partial charge in [0.15, 0.2) is 5.01 Å². The lowest BCUT2D eigenvalue weighted by atomic mass is 10.3. The van der Waals surface area contributed by atoms with Gasteiger partial charge >= 0.3 is 6.18 Å². The molecular formula is C10H9F3N4S. The predicted molar refractivity (Wildman–Crippen MR) is 62.4 cm³/mol. The van der Waals surface area contributed by atoms with Gasteiger partial charge in [-0.2, -0.15) is 13.2 Å². The summed E-state index contributed by atoms with van der Waals surface area (Å²) in [6, 6.07) is 1.62. The lowest BCUT2D eigenvalue weighted by Crippen LogP contribution is -2.02. The third-order valence-corrected chi connectivity index (χ3v) is 3.14. The van der Waals surface area contributed by atoms with E-state index in [0.717, 1.165) is 0 Å². The summed E-state index contributed by atoms with van der Waals surface area (Å²) >= 11 is 0.567. The van der Waals surface area contributed by atoms with Crippen molar-refractivity contribution in [3.05, 3.63) is 23.0 Å². The molecule has 0 unspecified atom stereocenters. The average Bonchev–Trinajstić information content (AvgIpc) is 2.77. The molecule has 0 aromatic carbocycles. The van der Waals surface area contributed by atoms with Crippen molar-refractivity contribution in [3.8, 4) is 10.6 Å². The molecule has 0 fully saturated rings. The van der Waals surface area contributed by atoms with E-state index in [-0.39, 0.29) is 0 Å². The van der Waals surface area contributed by atoms with Gasteiger partial charge in [-0.15, -0.1) is 11.3 Å². The second kappa shape index (κ2) is 4.52. The first-order chi connectivity index (χ1) is 8.40. The minimum absolute atomic E-state index is 0.365. The first-order valence-corrected chi connectivity index (χ1v) is 5.78. The third-order valence-electron chi connectivity index (χ3n) is 2.08. The molecule has 0 aliphatic heterocycles. The molecule has 2 heterocycles. The molecule has 2 aromatic rings. The van der Waals surface area contributed by atoms with Gasteiger partial charge in [0.05, 0.1) is 10.6 Å². The quantitative estimate of drug-likeness (QED) is 0.914. The van der Waals surface area contributed by atoms with Crippen LogP contribution in [0.4, 0.5) is 19.1 Å². The molecule has 4 nitrogen and oxygen atoms in total. The number of nitrogens with one attached hydrogen (secondary N) is 1. The Kier molecular flexibility index (Phi) is 3.20. The van der Waals surface area contributed by atoms with E-state index in [1.807, 2.05) is 0 Å². The monoisotopic (exact) mass is 274 g/mol. The number of halogens is 3. The van der Waals surface area contributed by atoms with E-state index in [1.54, 1.807) is 20.0 Å². The molecule has 2 aromatic heterocycles. The Bertz CT molecular complexity index is 564. The predicted octanol–water partition coefficient (Wildman–Crippen LogP) is 2.97. The fraction of sp³-hybridized carbons (Fsp3) is 0.300. The van der Waals surface area contributed by atoms with Crippen molar-refractivity contribution < 1.29 is 13.2 Å². The highest BCUT2D eigenvalue weighted by molar-refractivity contribution is 7.15. The third kappa shape index (κ3) is 2.58. The van der Waals surface area contributed by atoms with Crippen LogP contribution >= 0.6 is 11.3 Å². The van der Waals surface area contributed by atoms with Crippen LogP contribution in [0.25, 0.3) is 10.6 Å². The maximum absolute atomic E-state index is 12.4. The standard InChI is InChI=1S/C10H9F3N4S/c1-5-3-6(17-9(14-2)16-5)7-4-15-8(18-7)10(11,12)13/h3-4H,1-2H3,(H,14,16,17). The number of hydrogen-bond donors (Lipinski definition) is 1. The number of nitrogens with zero attached hydrogens (tertiary/aromatic N) is 3. The Morgan fingerprint density at radius 3 is 2.56 bits per heavy atom. The smallest absolute Gasteiger partial charge is 0.357 e. The Hall–Kier alpha value is -1.70. The van der Waals surface area contributed by atoms with Crippen molar-refractivity contribution in [2.24, 2.45) is 0 Å². The van der Waals surface area contributed by atoms with Crippen LogP contribution in [0.15, 0.2) is 12.3 Å². The van der Waals surface area contributed by atoms with Gasteiger partial charge in [-0.1, -0.05) is 0 Å². The van der Waals surface area contributed by atoms with Gasteiger partial charge in [0.25, 0.3) is 0 Å². The summed E-state index contributed by atoms with van der Waals surface area (Å²) in [7, 11) is 1.65. The van der Waals surface area contributed by atoms with Gasteiger partial charge in [-0.25, -0.2) is 15.0 Å². The van der Waals surface area contributed by atoms with Crippen LogP contribution in [-0.2, 0) is 6.18 Å². The summed E-state index contributed by atoms with van der Waals surface area (Å²) in [4.78, 5) is 11.9. The number of aromatic nitrogens is 3. The van der Waals surface area contributed by atoms with Gasteiger partial charge in [0.1, 0.15) is 0 Å². The highest BCUT2D eigenvalue weighted by Crippen LogP contribution is 2.35. The molecule has 0 radical (unpaired) electrons. The van der Waals surface area contributed by atoms with E-state index >= 15 is 0 Å². The molecule has 0 aliphatic rings. The van der Waals surface area contributed by atoms with Crippen molar-refractivity contribution >= 4 is 17.3 Å². The molecule has 0 amide bonds. The largest absolute Gasteiger partial charge is 0.443 e. The molecule has 8 heteroatoms. The van der Waals surface area contributed by atoms with Gasteiger partial charge in [-0.3, -0.25) is 0 Å². The van der Waals surface area contributed by atoms with Crippen LogP contribution in [0.5, 0.6) is 0 Å². The molecule has 96 valence electrons. The van der Waals surface area contributed by atoms with Crippen LogP contribution in [0.3, 0.4) is 0 Å². The summed E-state index contributed by atoms with van der Waals surface area (Å²) in [6.07, 6.45) is -3.24. The molecular weight excluding hydrogens is 265 g/mol. The molecule has 18 heavy (non-hydrogen) atoms. The number of thiazole rings is 1. The Balaban J connectivity index is 2.43. The molecule has 0 saturated carbocycles. The molecule has 2 rings (SSSR count). The normalized spacial score (nSPS) is 11.6. The van der Waals surface area contributed by atoms with Crippen molar-refractivity contribution in [3.63, 3.8) is 0 Å². The SMILES string of the molecule is CNc1nc(C)cc(-c2cnc(C(F)(F)F)s2)n1. The zero-order valence-electron chi connectivity index (χ0n) is 9.54. The first kappa shape index (κ1) is 12.7. The Morgan fingerprint density at radius 2 is 2.00 bits per heavy atom. The van der Waals surface area contributed by atoms with Gasteiger partial charge in [0.2, 0.25) is 5.95 Å². The van der Waals surface area contributed by atoms with Crippen molar-refractivity contribution in [2.75, 3.05) is 12.4 Å². The van der Waals surface area contributed by atoms with E-state index in [2.05, 4.69) is 20.3 Å². The number of rotatable bonds is 2. The van der Waals surface area contributed by atoms with E-state index in [0.29, 0.717) is 33.6 Å². The fourth-order valence-corrected chi connectivity index (χ4v) is 2.07. The molecule has 0 spiro atoms. The minimum Gasteiger partial charge on any atom is -0.357 e. The van der Waals surface area contributed by atoms with E-state index in [1.165, 1.54) is 6.20 Å². The number of hydrogen-bond acceptors (Lipinski definition) is 5. The van der Waals surface area contributed by atoms with Gasteiger partial charge < -0.3 is 5.32 Å². The van der Waals surface area contributed by atoms with Crippen LogP contribution < -0.4 is 5.32 Å². The maximum atomic E-state index is 12.4. The molecule has 0 saturated heterocycles. The van der Waals surface area contributed by atoms with Crippen LogP contribution in [0, 0.1) is 6.92 Å². The Labute approximate surface area is 105 Å². The lowest BCUT2D eigenvalue weighted by Gasteiger charge is -2.03. The lowest BCUT2D eigenvalue weighted by molar-refractivity contribution is -0.137. The second-order valence-electron chi connectivity index (χ2n) is 3.50. The Morgan fingerprint density at radius 1 is 1.28 bits per heavy atom. The van der Waals surface area contributed by atoms with Crippen LogP contribution in [-0.4, -0.2) is 22.0 Å². The summed E-state index contributed by atoms with van der Waals surface area (Å²) < 4.78 is 37.3. The number of alkyl halides is 3. The highest BCUT2D eigenvalue weighted by Gasteiger charge is 2.34. The van der Waals surface area contributed by atoms with Crippen LogP contribution in [0.2, 0.25) is 0 Å². The fourth-order valence-electron chi connectivity index (χ4n) is 1.33. The second-order valence-corrected chi connectivity index (χ2v) is 4.53. The topological polar surface area (TPSA) is 50.7 Å². The number of anilines is 1. The summed E-state index contributed by atoms with van der Waals surface area (Å²) in [6.45, 7) is 1.75. The summed E-state index contributed by atoms with van der Waals surface area (Å²) in [5.74, 6) is 0.368. The highest BCUT2D eigenvalue weighted by atomic mass is 32.1. The van der Waals surface area contributed by atoms with Crippen LogP contribution in [0.1, 0.15) is 10.7 Å². The van der Waals surface area contributed by atoms with E-state index in [4.69, 9.17) is 0 Å². The van der Waals surface area contributed by atoms with Gasteiger partial charge in [-0.05, 0) is 13.0 Å². The van der Waals surface area contributed by atoms with E-state index in [9.17, 15) is 13.2 Å². The molecule has 0 atom stereocenters. The van der Waals surface area contributed by atoms with Crippen molar-refractivity contribution in [1.29, 1.82) is 0 Å². The molecule has 0 aliphatic carbocycles. The maximum Gasteiger partial charge on any atom is 0.443 e. The van der Waals surface area contributed by atoms with Gasteiger partial charge in [0, 0.05) is 18.9 Å². The zero-order chi connectivity index (χ0) is 13.3. The molecule has 0 bridgehead atoms. The van der Waals surface area contributed by atoms with Crippen molar-refractivity contribution in [2.45, 2.75) is 13.1 Å². The average molecular weight is 274 g/mol. The molecule has 1 N–H and O–H groups in total. The first-order valence-electron chi connectivity index (χ1n) is 4.97. The zero-order valence-corrected chi connectivity index (χ0v) is 10.4. The summed E-state index contributed by atoms with van der Waals surface area (Å²) in [5.41, 5.74) is 1.10. The number of aryl methyl sites for hydroxylation is 1.